The SMILES string of the molecule is Fc1ccc(C2C(OCCc3cc(C(F)(F)F)cc(C(F)(F)F)c3)OCCN2CC#CCCl)cc1. The van der Waals surface area contributed by atoms with Gasteiger partial charge in [-0.2, -0.15) is 26.3 Å². The zero-order valence-corrected chi connectivity index (χ0v) is 19.0. The molecule has 0 radical (unpaired) electrons. The number of benzene rings is 2. The van der Waals surface area contributed by atoms with Gasteiger partial charge in [-0.05, 0) is 47.9 Å². The summed E-state index contributed by atoms with van der Waals surface area (Å²) in [5.74, 6) is 5.34. The Bertz CT molecular complexity index is 1010. The highest BCUT2D eigenvalue weighted by atomic mass is 35.5. The highest BCUT2D eigenvalue weighted by Gasteiger charge is 2.37. The van der Waals surface area contributed by atoms with Crippen molar-refractivity contribution in [2.45, 2.75) is 31.1 Å². The van der Waals surface area contributed by atoms with Crippen molar-refractivity contribution in [1.82, 2.24) is 4.90 Å². The number of hydrogen-bond donors (Lipinski definition) is 0. The largest absolute Gasteiger partial charge is 0.416 e. The van der Waals surface area contributed by atoms with Gasteiger partial charge >= 0.3 is 12.4 Å². The van der Waals surface area contributed by atoms with Crippen LogP contribution in [0.25, 0.3) is 0 Å². The van der Waals surface area contributed by atoms with Crippen molar-refractivity contribution >= 4 is 11.6 Å². The Labute approximate surface area is 202 Å². The van der Waals surface area contributed by atoms with E-state index in [2.05, 4.69) is 11.8 Å². The van der Waals surface area contributed by atoms with E-state index in [1.807, 2.05) is 4.90 Å². The lowest BCUT2D eigenvalue weighted by Crippen LogP contribution is -2.46. The molecular formula is C24H21ClF7NO2. The molecule has 0 spiro atoms. The van der Waals surface area contributed by atoms with Crippen molar-refractivity contribution in [2.75, 3.05) is 32.2 Å². The Morgan fingerprint density at radius 2 is 1.60 bits per heavy atom. The third kappa shape index (κ3) is 7.58. The fraction of sp³-hybridized carbons (Fsp3) is 0.417. The molecule has 0 N–H and O–H groups in total. The Morgan fingerprint density at radius 3 is 2.17 bits per heavy atom. The molecule has 0 aromatic heterocycles. The van der Waals surface area contributed by atoms with Crippen LogP contribution >= 0.6 is 11.6 Å². The normalized spacial score (nSPS) is 19.3. The van der Waals surface area contributed by atoms with Gasteiger partial charge < -0.3 is 9.47 Å². The Hall–Kier alpha value is -2.32. The molecule has 2 aromatic rings. The van der Waals surface area contributed by atoms with Gasteiger partial charge in [-0.3, -0.25) is 4.90 Å². The number of halogens is 8. The molecular weight excluding hydrogens is 503 g/mol. The van der Waals surface area contributed by atoms with Crippen LogP contribution in [0.3, 0.4) is 0 Å². The molecule has 3 nitrogen and oxygen atoms in total. The summed E-state index contributed by atoms with van der Waals surface area (Å²) in [6.07, 6.45) is -11.0. The van der Waals surface area contributed by atoms with Gasteiger partial charge in [0.2, 0.25) is 0 Å². The molecule has 2 atom stereocenters. The summed E-state index contributed by atoms with van der Waals surface area (Å²) in [7, 11) is 0. The number of hydrogen-bond acceptors (Lipinski definition) is 3. The van der Waals surface area contributed by atoms with Crippen molar-refractivity contribution in [3.8, 4) is 11.8 Å². The van der Waals surface area contributed by atoms with Crippen molar-refractivity contribution in [3.63, 3.8) is 0 Å². The molecule has 0 bridgehead atoms. The van der Waals surface area contributed by atoms with Crippen LogP contribution in [0, 0.1) is 17.7 Å². The first kappa shape index (κ1) is 27.3. The van der Waals surface area contributed by atoms with E-state index in [0.29, 0.717) is 30.8 Å². The van der Waals surface area contributed by atoms with Crippen LogP contribution in [0.1, 0.15) is 28.3 Å². The van der Waals surface area contributed by atoms with Gasteiger partial charge in [0, 0.05) is 6.54 Å². The molecule has 190 valence electrons. The third-order valence-corrected chi connectivity index (χ3v) is 5.45. The fourth-order valence-corrected chi connectivity index (χ4v) is 3.79. The molecule has 1 saturated heterocycles. The highest BCUT2D eigenvalue weighted by molar-refractivity contribution is 6.19. The predicted molar refractivity (Wildman–Crippen MR) is 115 cm³/mol. The minimum absolute atomic E-state index is 0.0823. The maximum atomic E-state index is 13.4. The fourth-order valence-electron chi connectivity index (χ4n) is 3.69. The monoisotopic (exact) mass is 523 g/mol. The lowest BCUT2D eigenvalue weighted by molar-refractivity contribution is -0.208. The standard InChI is InChI=1S/C24H21ClF7NO2/c25-8-1-2-9-33-10-12-35-22(21(33)17-3-5-20(26)6-4-17)34-11-7-16-13-18(23(27,28)29)15-19(14-16)24(30,31)32/h3-6,13-15,21-22H,7-12H2. The molecule has 0 amide bonds. The second-order valence-corrected chi connectivity index (χ2v) is 8.00. The minimum Gasteiger partial charge on any atom is -0.350 e. The quantitative estimate of drug-likeness (QED) is 0.261. The number of morpholine rings is 1. The summed E-state index contributed by atoms with van der Waals surface area (Å²) in [5, 5.41) is 0. The maximum absolute atomic E-state index is 13.4. The predicted octanol–water partition coefficient (Wildman–Crippen LogP) is 6.06. The van der Waals surface area contributed by atoms with Crippen LogP contribution in [-0.4, -0.2) is 43.4 Å². The van der Waals surface area contributed by atoms with Gasteiger partial charge in [0.25, 0.3) is 0 Å². The maximum Gasteiger partial charge on any atom is 0.416 e. The second kappa shape index (κ2) is 11.6. The Morgan fingerprint density at radius 1 is 0.971 bits per heavy atom. The van der Waals surface area contributed by atoms with Crippen molar-refractivity contribution < 1.29 is 40.2 Å². The van der Waals surface area contributed by atoms with E-state index < -0.39 is 41.6 Å². The first-order chi connectivity index (χ1) is 16.5. The smallest absolute Gasteiger partial charge is 0.350 e. The first-order valence-electron chi connectivity index (χ1n) is 10.5. The number of ether oxygens (including phenoxy) is 2. The van der Waals surface area contributed by atoms with Crippen LogP contribution in [0.15, 0.2) is 42.5 Å². The van der Waals surface area contributed by atoms with Crippen LogP contribution < -0.4 is 0 Å². The lowest BCUT2D eigenvalue weighted by Gasteiger charge is -2.40. The van der Waals surface area contributed by atoms with Crippen molar-refractivity contribution in [2.24, 2.45) is 0 Å². The highest BCUT2D eigenvalue weighted by Crippen LogP contribution is 2.36. The van der Waals surface area contributed by atoms with Gasteiger partial charge in [0.05, 0.1) is 42.8 Å². The van der Waals surface area contributed by atoms with E-state index in [1.54, 1.807) is 12.1 Å². The van der Waals surface area contributed by atoms with Crippen molar-refractivity contribution in [1.29, 1.82) is 0 Å². The van der Waals surface area contributed by atoms with Gasteiger partial charge in [-0.1, -0.05) is 24.0 Å². The van der Waals surface area contributed by atoms with Crippen LogP contribution in [0.5, 0.6) is 0 Å². The van der Waals surface area contributed by atoms with Crippen molar-refractivity contribution in [3.05, 3.63) is 70.5 Å². The molecule has 11 heteroatoms. The van der Waals surface area contributed by atoms with Gasteiger partial charge in [-0.25, -0.2) is 4.39 Å². The molecule has 0 saturated carbocycles. The van der Waals surface area contributed by atoms with E-state index in [1.165, 1.54) is 12.1 Å². The minimum atomic E-state index is -4.93. The van der Waals surface area contributed by atoms with E-state index in [9.17, 15) is 30.7 Å². The average Bonchev–Trinajstić information content (AvgIpc) is 2.79. The summed E-state index contributed by atoms with van der Waals surface area (Å²) in [6, 6.07) is 6.54. The molecule has 2 unspecified atom stereocenters. The summed E-state index contributed by atoms with van der Waals surface area (Å²) < 4.78 is 104. The Kier molecular flexibility index (Phi) is 9.05. The molecule has 35 heavy (non-hydrogen) atoms. The van der Waals surface area contributed by atoms with E-state index in [4.69, 9.17) is 21.1 Å². The van der Waals surface area contributed by atoms with Crippen LogP contribution in [0.4, 0.5) is 30.7 Å². The second-order valence-electron chi connectivity index (χ2n) is 7.73. The molecule has 1 aliphatic heterocycles. The summed E-state index contributed by atoms with van der Waals surface area (Å²) >= 11 is 5.60. The van der Waals surface area contributed by atoms with Gasteiger partial charge in [0.1, 0.15) is 5.82 Å². The molecule has 2 aromatic carbocycles. The number of nitrogens with zero attached hydrogens (tertiary/aromatic N) is 1. The summed E-state index contributed by atoms with van der Waals surface area (Å²) in [6.45, 7) is 0.830. The summed E-state index contributed by atoms with van der Waals surface area (Å²) in [5.41, 5.74) is -2.29. The zero-order valence-electron chi connectivity index (χ0n) is 18.2. The van der Waals surface area contributed by atoms with E-state index in [-0.39, 0.29) is 37.1 Å². The van der Waals surface area contributed by atoms with E-state index >= 15 is 0 Å². The topological polar surface area (TPSA) is 21.7 Å². The molecule has 1 aliphatic rings. The zero-order chi connectivity index (χ0) is 25.6. The van der Waals surface area contributed by atoms with Gasteiger partial charge in [-0.15, -0.1) is 11.6 Å². The molecule has 3 rings (SSSR count). The average molecular weight is 524 g/mol. The first-order valence-corrected chi connectivity index (χ1v) is 11.1. The molecule has 1 heterocycles. The number of rotatable bonds is 6. The number of alkyl halides is 7. The van der Waals surface area contributed by atoms with E-state index in [0.717, 1.165) is 0 Å². The Balaban J connectivity index is 1.78. The lowest BCUT2D eigenvalue weighted by atomic mass is 10.0. The molecule has 0 aliphatic carbocycles. The van der Waals surface area contributed by atoms with Gasteiger partial charge in [0.15, 0.2) is 6.29 Å². The van der Waals surface area contributed by atoms with Crippen LogP contribution in [0.2, 0.25) is 0 Å². The molecule has 1 fully saturated rings. The van der Waals surface area contributed by atoms with Crippen LogP contribution in [-0.2, 0) is 28.2 Å². The third-order valence-electron chi connectivity index (χ3n) is 5.32. The summed E-state index contributed by atoms with van der Waals surface area (Å²) in [4.78, 5) is 1.92.